The second-order valence-corrected chi connectivity index (χ2v) is 5.96. The predicted octanol–water partition coefficient (Wildman–Crippen LogP) is 1.69. The van der Waals surface area contributed by atoms with Crippen molar-refractivity contribution in [2.75, 3.05) is 13.1 Å². The molecule has 1 aliphatic rings. The largest absolute Gasteiger partial charge is 0.368 e. The Kier molecular flexibility index (Phi) is 4.39. The lowest BCUT2D eigenvalue weighted by Crippen LogP contribution is -2.32. The van der Waals surface area contributed by atoms with Crippen LogP contribution in [-0.2, 0) is 17.8 Å². The minimum atomic E-state index is 0.299. The number of ether oxygens (including phenoxy) is 1. The van der Waals surface area contributed by atoms with Crippen LogP contribution < -0.4 is 5.32 Å². The van der Waals surface area contributed by atoms with Gasteiger partial charge in [-0.25, -0.2) is 4.98 Å². The number of aromatic nitrogens is 3. The molecule has 6 nitrogen and oxygen atoms in total. The van der Waals surface area contributed by atoms with Crippen LogP contribution in [0.5, 0.6) is 0 Å². The van der Waals surface area contributed by atoms with Gasteiger partial charge in [0.25, 0.3) is 5.89 Å². The molecule has 0 unspecified atom stereocenters. The first-order chi connectivity index (χ1) is 9.79. The van der Waals surface area contributed by atoms with E-state index in [1.165, 1.54) is 0 Å². The number of rotatable bonds is 5. The summed E-state index contributed by atoms with van der Waals surface area (Å²) in [6.45, 7) is 4.42. The van der Waals surface area contributed by atoms with E-state index in [0.717, 1.165) is 36.6 Å². The minimum Gasteiger partial charge on any atom is -0.368 e. The molecule has 0 aliphatic carbocycles. The van der Waals surface area contributed by atoms with E-state index < -0.39 is 0 Å². The van der Waals surface area contributed by atoms with Gasteiger partial charge in [0.15, 0.2) is 5.82 Å². The van der Waals surface area contributed by atoms with E-state index in [0.29, 0.717) is 30.8 Å². The van der Waals surface area contributed by atoms with Crippen molar-refractivity contribution in [1.82, 2.24) is 20.4 Å². The molecule has 2 aromatic heterocycles. The van der Waals surface area contributed by atoms with Crippen LogP contribution in [0.1, 0.15) is 35.3 Å². The summed E-state index contributed by atoms with van der Waals surface area (Å²) < 4.78 is 11.0. The van der Waals surface area contributed by atoms with Crippen LogP contribution in [0.15, 0.2) is 9.90 Å². The van der Waals surface area contributed by atoms with Gasteiger partial charge >= 0.3 is 0 Å². The number of aryl methyl sites for hydroxylation is 1. The summed E-state index contributed by atoms with van der Waals surface area (Å²) in [7, 11) is 0. The molecule has 2 aromatic rings. The maximum absolute atomic E-state index is 5.79. The van der Waals surface area contributed by atoms with Crippen molar-refractivity contribution in [3.63, 3.8) is 0 Å². The molecular weight excluding hydrogens is 276 g/mol. The number of hydrogen-bond acceptors (Lipinski definition) is 7. The topological polar surface area (TPSA) is 73.1 Å². The highest BCUT2D eigenvalue weighted by atomic mass is 32.1. The van der Waals surface area contributed by atoms with Crippen molar-refractivity contribution in [2.24, 2.45) is 0 Å². The number of thiazole rings is 1. The van der Waals surface area contributed by atoms with E-state index in [-0.39, 0.29) is 0 Å². The zero-order chi connectivity index (χ0) is 13.8. The maximum atomic E-state index is 5.79. The van der Waals surface area contributed by atoms with Crippen LogP contribution in [0, 0.1) is 6.92 Å². The maximum Gasteiger partial charge on any atom is 0.252 e. The minimum absolute atomic E-state index is 0.299. The first kappa shape index (κ1) is 13.7. The van der Waals surface area contributed by atoms with Gasteiger partial charge in [-0.15, -0.1) is 11.3 Å². The number of hydrogen-bond donors (Lipinski definition) is 1. The van der Waals surface area contributed by atoms with E-state index in [4.69, 9.17) is 9.26 Å². The lowest BCUT2D eigenvalue weighted by molar-refractivity contribution is 0.00859. The molecule has 20 heavy (non-hydrogen) atoms. The molecule has 3 heterocycles. The van der Waals surface area contributed by atoms with E-state index >= 15 is 0 Å². The molecule has 0 bridgehead atoms. The highest BCUT2D eigenvalue weighted by Crippen LogP contribution is 2.13. The Morgan fingerprint density at radius 3 is 3.00 bits per heavy atom. The average Bonchev–Trinajstić information content (AvgIpc) is 3.08. The second kappa shape index (κ2) is 6.43. The molecule has 1 aliphatic heterocycles. The Labute approximate surface area is 121 Å². The summed E-state index contributed by atoms with van der Waals surface area (Å²) in [5.41, 5.74) is 0.985. The van der Waals surface area contributed by atoms with Gasteiger partial charge < -0.3 is 14.6 Å². The van der Waals surface area contributed by atoms with Crippen LogP contribution in [0.2, 0.25) is 0 Å². The molecule has 0 amide bonds. The Balaban J connectivity index is 1.51. The van der Waals surface area contributed by atoms with Gasteiger partial charge in [-0.1, -0.05) is 5.16 Å². The number of nitrogens with zero attached hydrogens (tertiary/aromatic N) is 3. The third kappa shape index (κ3) is 3.62. The Morgan fingerprint density at radius 1 is 1.40 bits per heavy atom. The SMILES string of the molecule is Cc1nc(Cc2noc(COC3CCNCC3)n2)cs1. The van der Waals surface area contributed by atoms with E-state index in [2.05, 4.69) is 20.4 Å². The van der Waals surface area contributed by atoms with Gasteiger partial charge in [-0.05, 0) is 32.9 Å². The lowest BCUT2D eigenvalue weighted by atomic mass is 10.1. The summed E-state index contributed by atoms with van der Waals surface area (Å²) in [5, 5.41) is 10.4. The lowest BCUT2D eigenvalue weighted by Gasteiger charge is -2.21. The first-order valence-corrected chi connectivity index (χ1v) is 7.72. The van der Waals surface area contributed by atoms with Crippen molar-refractivity contribution >= 4 is 11.3 Å². The zero-order valence-corrected chi connectivity index (χ0v) is 12.3. The van der Waals surface area contributed by atoms with E-state index in [1.807, 2.05) is 12.3 Å². The Bertz CT molecular complexity index is 548. The molecule has 108 valence electrons. The predicted molar refractivity (Wildman–Crippen MR) is 74.6 cm³/mol. The number of piperidine rings is 1. The van der Waals surface area contributed by atoms with Gasteiger partial charge in [0, 0.05) is 5.38 Å². The zero-order valence-electron chi connectivity index (χ0n) is 11.5. The second-order valence-electron chi connectivity index (χ2n) is 4.90. The average molecular weight is 294 g/mol. The summed E-state index contributed by atoms with van der Waals surface area (Å²) in [6.07, 6.45) is 2.99. The normalized spacial score (nSPS) is 16.6. The highest BCUT2D eigenvalue weighted by Gasteiger charge is 2.15. The van der Waals surface area contributed by atoms with Gasteiger partial charge in [0.05, 0.1) is 23.2 Å². The summed E-state index contributed by atoms with van der Waals surface area (Å²) >= 11 is 1.63. The molecule has 1 saturated heterocycles. The van der Waals surface area contributed by atoms with Crippen LogP contribution in [0.4, 0.5) is 0 Å². The molecular formula is C13H18N4O2S. The smallest absolute Gasteiger partial charge is 0.252 e. The summed E-state index contributed by atoms with van der Waals surface area (Å²) in [4.78, 5) is 8.74. The highest BCUT2D eigenvalue weighted by molar-refractivity contribution is 7.09. The molecule has 0 radical (unpaired) electrons. The molecule has 0 spiro atoms. The molecule has 1 fully saturated rings. The quantitative estimate of drug-likeness (QED) is 0.904. The van der Waals surface area contributed by atoms with Crippen LogP contribution in [-0.4, -0.2) is 34.3 Å². The van der Waals surface area contributed by atoms with Crippen molar-refractivity contribution in [3.8, 4) is 0 Å². The van der Waals surface area contributed by atoms with E-state index in [9.17, 15) is 0 Å². The van der Waals surface area contributed by atoms with E-state index in [1.54, 1.807) is 11.3 Å². The fourth-order valence-electron chi connectivity index (χ4n) is 2.22. The fraction of sp³-hybridized carbons (Fsp3) is 0.615. The molecule has 1 N–H and O–H groups in total. The van der Waals surface area contributed by atoms with Crippen LogP contribution in [0.25, 0.3) is 0 Å². The molecule has 0 atom stereocenters. The third-order valence-corrected chi connectivity index (χ3v) is 4.07. The van der Waals surface area contributed by atoms with Crippen molar-refractivity contribution in [3.05, 3.63) is 27.8 Å². The molecule has 0 saturated carbocycles. The summed E-state index contributed by atoms with van der Waals surface area (Å²) in [6, 6.07) is 0. The Hall–Kier alpha value is -1.31. The molecule has 3 rings (SSSR count). The fourth-order valence-corrected chi connectivity index (χ4v) is 2.84. The Morgan fingerprint density at radius 2 is 2.25 bits per heavy atom. The van der Waals surface area contributed by atoms with Crippen LogP contribution in [0.3, 0.4) is 0 Å². The van der Waals surface area contributed by atoms with Crippen molar-refractivity contribution in [2.45, 2.75) is 38.9 Å². The van der Waals surface area contributed by atoms with Gasteiger partial charge in [-0.3, -0.25) is 0 Å². The van der Waals surface area contributed by atoms with Crippen LogP contribution >= 0.6 is 11.3 Å². The molecule has 7 heteroatoms. The summed E-state index contributed by atoms with van der Waals surface area (Å²) in [5.74, 6) is 1.21. The van der Waals surface area contributed by atoms with Gasteiger partial charge in [0.2, 0.25) is 0 Å². The monoisotopic (exact) mass is 294 g/mol. The van der Waals surface area contributed by atoms with Crippen molar-refractivity contribution in [1.29, 1.82) is 0 Å². The van der Waals surface area contributed by atoms with Crippen molar-refractivity contribution < 1.29 is 9.26 Å². The number of nitrogens with one attached hydrogen (secondary N) is 1. The molecule has 0 aromatic carbocycles. The standard InChI is InChI=1S/C13H18N4O2S/c1-9-15-10(8-20-9)6-12-16-13(19-17-12)7-18-11-2-4-14-5-3-11/h8,11,14H,2-7H2,1H3. The first-order valence-electron chi connectivity index (χ1n) is 6.84. The van der Waals surface area contributed by atoms with Gasteiger partial charge in [-0.2, -0.15) is 4.98 Å². The van der Waals surface area contributed by atoms with Gasteiger partial charge in [0.1, 0.15) is 6.61 Å². The third-order valence-electron chi connectivity index (χ3n) is 3.24.